The third-order valence-corrected chi connectivity index (χ3v) is 7.83. The zero-order valence-electron chi connectivity index (χ0n) is 24.6. The highest BCUT2D eigenvalue weighted by molar-refractivity contribution is 5.75. The Balaban J connectivity index is 1.73. The molecule has 0 aliphatic heterocycles. The van der Waals surface area contributed by atoms with Gasteiger partial charge < -0.3 is 5.11 Å². The summed E-state index contributed by atoms with van der Waals surface area (Å²) < 4.78 is 0. The summed E-state index contributed by atoms with van der Waals surface area (Å²) in [4.78, 5) is 1.67. The van der Waals surface area contributed by atoms with Crippen LogP contribution in [0.3, 0.4) is 0 Å². The summed E-state index contributed by atoms with van der Waals surface area (Å²) in [6.07, 6.45) is 23.5. The highest BCUT2D eigenvalue weighted by Crippen LogP contribution is 2.31. The molecule has 3 rings (SSSR count). The number of phenols is 1. The lowest BCUT2D eigenvalue weighted by Crippen LogP contribution is -2.03. The molecule has 210 valence electrons. The lowest BCUT2D eigenvalue weighted by atomic mass is 9.98. The molecule has 4 heteroatoms. The van der Waals surface area contributed by atoms with Crippen LogP contribution in [0.1, 0.15) is 140 Å². The summed E-state index contributed by atoms with van der Waals surface area (Å²) >= 11 is 0. The molecule has 0 fully saturated rings. The summed E-state index contributed by atoms with van der Waals surface area (Å²) in [7, 11) is 0. The Morgan fingerprint density at radius 3 is 1.76 bits per heavy atom. The van der Waals surface area contributed by atoms with Crippen molar-refractivity contribution in [2.24, 2.45) is 0 Å². The maximum Gasteiger partial charge on any atom is 0.146 e. The third kappa shape index (κ3) is 9.75. The molecule has 0 spiro atoms. The molecule has 1 heterocycles. The molecule has 0 bridgehead atoms. The molecule has 0 unspecified atom stereocenters. The van der Waals surface area contributed by atoms with Crippen molar-refractivity contribution in [1.29, 1.82) is 0 Å². The Morgan fingerprint density at radius 2 is 1.11 bits per heavy atom. The van der Waals surface area contributed by atoms with Crippen LogP contribution in [0.4, 0.5) is 0 Å². The minimum absolute atomic E-state index is 0.353. The monoisotopic (exact) mass is 519 g/mol. The van der Waals surface area contributed by atoms with Crippen LogP contribution in [0.5, 0.6) is 5.75 Å². The number of benzene rings is 2. The second kappa shape index (κ2) is 17.3. The molecule has 0 amide bonds. The van der Waals surface area contributed by atoms with Crippen molar-refractivity contribution in [2.45, 2.75) is 143 Å². The van der Waals surface area contributed by atoms with Gasteiger partial charge in [0.1, 0.15) is 22.5 Å². The molecule has 0 saturated carbocycles. The van der Waals surface area contributed by atoms with E-state index in [1.165, 1.54) is 107 Å². The molecule has 1 aromatic heterocycles. The van der Waals surface area contributed by atoms with Gasteiger partial charge in [-0.1, -0.05) is 116 Å². The number of unbranched alkanes of at least 4 members (excludes halogenated alkanes) is 13. The number of aryl methyl sites for hydroxylation is 3. The normalized spacial score (nSPS) is 11.6. The number of phenolic OH excluding ortho intramolecular Hbond substituents is 1. The molecule has 0 saturated heterocycles. The van der Waals surface area contributed by atoms with Gasteiger partial charge >= 0.3 is 0 Å². The maximum absolute atomic E-state index is 11.3. The zero-order valence-corrected chi connectivity index (χ0v) is 24.6. The summed E-state index contributed by atoms with van der Waals surface area (Å²) in [5, 5.41) is 20.9. The van der Waals surface area contributed by atoms with E-state index in [2.05, 4.69) is 51.1 Å². The van der Waals surface area contributed by atoms with E-state index >= 15 is 0 Å². The van der Waals surface area contributed by atoms with E-state index in [1.54, 1.807) is 4.80 Å². The fourth-order valence-electron chi connectivity index (χ4n) is 5.39. The second-order valence-corrected chi connectivity index (χ2v) is 11.3. The maximum atomic E-state index is 11.3. The predicted octanol–water partition coefficient (Wildman–Crippen LogP) is 10.1. The van der Waals surface area contributed by atoms with Crippen LogP contribution in [-0.4, -0.2) is 20.1 Å². The number of hydrogen-bond acceptors (Lipinski definition) is 3. The van der Waals surface area contributed by atoms with Crippen molar-refractivity contribution < 1.29 is 5.11 Å². The Labute approximate surface area is 232 Å². The lowest BCUT2D eigenvalue weighted by Gasteiger charge is -2.13. The summed E-state index contributed by atoms with van der Waals surface area (Å²) in [6.45, 7) is 6.76. The minimum Gasteiger partial charge on any atom is -0.505 e. The topological polar surface area (TPSA) is 50.9 Å². The fraction of sp³-hybridized carbons (Fsp3) is 0.647. The van der Waals surface area contributed by atoms with Crippen molar-refractivity contribution >= 4 is 11.0 Å². The van der Waals surface area contributed by atoms with Gasteiger partial charge in [-0.25, -0.2) is 0 Å². The molecular formula is C34H53N3O. The first-order valence-corrected chi connectivity index (χ1v) is 15.9. The molecular weight excluding hydrogens is 466 g/mol. The smallest absolute Gasteiger partial charge is 0.146 e. The predicted molar refractivity (Wildman–Crippen MR) is 163 cm³/mol. The standard InChI is InChI=1S/C34H53N3O/c1-4-7-10-12-14-16-18-21-29-25-30(22-19-17-15-13-11-8-5-2)34(38)33(27-29)37-35-31-24-23-28(20-9-6-3)26-32(31)36-37/h23-27,38H,4-22H2,1-3H3. The van der Waals surface area contributed by atoms with Crippen molar-refractivity contribution in [3.63, 3.8) is 0 Å². The van der Waals surface area contributed by atoms with Crippen LogP contribution < -0.4 is 0 Å². The lowest BCUT2D eigenvalue weighted by molar-refractivity contribution is 0.458. The van der Waals surface area contributed by atoms with Gasteiger partial charge in [0.05, 0.1) is 0 Å². The Bertz CT molecular complexity index is 1070. The van der Waals surface area contributed by atoms with E-state index in [-0.39, 0.29) is 0 Å². The van der Waals surface area contributed by atoms with Gasteiger partial charge in [0, 0.05) is 0 Å². The molecule has 0 atom stereocenters. The van der Waals surface area contributed by atoms with Crippen LogP contribution in [0.25, 0.3) is 16.7 Å². The van der Waals surface area contributed by atoms with Crippen molar-refractivity contribution in [2.75, 3.05) is 0 Å². The minimum atomic E-state index is 0.353. The van der Waals surface area contributed by atoms with Gasteiger partial charge in [-0.05, 0) is 73.4 Å². The first kappa shape index (κ1) is 30.2. The molecule has 0 radical (unpaired) electrons. The van der Waals surface area contributed by atoms with Crippen LogP contribution in [0.15, 0.2) is 30.3 Å². The summed E-state index contributed by atoms with van der Waals surface area (Å²) in [6, 6.07) is 10.8. The van der Waals surface area contributed by atoms with Crippen molar-refractivity contribution in [3.8, 4) is 11.4 Å². The zero-order chi connectivity index (χ0) is 27.0. The van der Waals surface area contributed by atoms with Gasteiger partial charge in [0.2, 0.25) is 0 Å². The van der Waals surface area contributed by atoms with Crippen LogP contribution in [-0.2, 0) is 19.3 Å². The van der Waals surface area contributed by atoms with E-state index in [0.717, 1.165) is 48.0 Å². The molecule has 4 nitrogen and oxygen atoms in total. The van der Waals surface area contributed by atoms with Crippen LogP contribution in [0, 0.1) is 0 Å². The van der Waals surface area contributed by atoms with Gasteiger partial charge in [-0.15, -0.1) is 15.0 Å². The Kier molecular flexibility index (Phi) is 13.7. The number of rotatable bonds is 20. The number of nitrogens with zero attached hydrogens (tertiary/aromatic N) is 3. The van der Waals surface area contributed by atoms with E-state index in [1.807, 2.05) is 0 Å². The number of hydrogen-bond donors (Lipinski definition) is 1. The molecule has 1 N–H and O–H groups in total. The highest BCUT2D eigenvalue weighted by atomic mass is 16.3. The number of aromatic nitrogens is 3. The largest absolute Gasteiger partial charge is 0.505 e. The van der Waals surface area contributed by atoms with Crippen molar-refractivity contribution in [1.82, 2.24) is 15.0 Å². The SMILES string of the molecule is CCCCCCCCCc1cc(CCCCCCCCC)c(O)c(-n2nc3ccc(CCCC)cc3n2)c1. The molecule has 0 aliphatic carbocycles. The van der Waals surface area contributed by atoms with Crippen LogP contribution >= 0.6 is 0 Å². The first-order valence-electron chi connectivity index (χ1n) is 15.9. The van der Waals surface area contributed by atoms with E-state index < -0.39 is 0 Å². The number of aromatic hydroxyl groups is 1. The fourth-order valence-corrected chi connectivity index (χ4v) is 5.39. The van der Waals surface area contributed by atoms with Gasteiger partial charge in [0.25, 0.3) is 0 Å². The van der Waals surface area contributed by atoms with Gasteiger partial charge in [-0.2, -0.15) is 0 Å². The van der Waals surface area contributed by atoms with E-state index in [0.29, 0.717) is 5.75 Å². The molecule has 38 heavy (non-hydrogen) atoms. The summed E-state index contributed by atoms with van der Waals surface area (Å²) in [5.74, 6) is 0.353. The van der Waals surface area contributed by atoms with Crippen molar-refractivity contribution in [3.05, 3.63) is 47.0 Å². The molecule has 2 aromatic carbocycles. The van der Waals surface area contributed by atoms with Gasteiger partial charge in [-0.3, -0.25) is 0 Å². The molecule has 0 aliphatic rings. The third-order valence-electron chi connectivity index (χ3n) is 7.83. The average Bonchev–Trinajstić information content (AvgIpc) is 3.35. The quantitative estimate of drug-likeness (QED) is 0.151. The van der Waals surface area contributed by atoms with E-state index in [9.17, 15) is 5.11 Å². The van der Waals surface area contributed by atoms with Gasteiger partial charge in [0.15, 0.2) is 0 Å². The molecule has 3 aromatic rings. The van der Waals surface area contributed by atoms with Crippen LogP contribution in [0.2, 0.25) is 0 Å². The Hall–Kier alpha value is -2.36. The summed E-state index contributed by atoms with van der Waals surface area (Å²) in [5.41, 5.74) is 6.19. The van der Waals surface area contributed by atoms with E-state index in [4.69, 9.17) is 10.2 Å². The highest BCUT2D eigenvalue weighted by Gasteiger charge is 2.15. The Morgan fingerprint density at radius 1 is 0.553 bits per heavy atom. The average molecular weight is 520 g/mol. The second-order valence-electron chi connectivity index (χ2n) is 11.3. The number of fused-ring (bicyclic) bond motifs is 1. The first-order chi connectivity index (χ1) is 18.7.